The molecule has 18 heavy (non-hydrogen) atoms. The van der Waals surface area contributed by atoms with Gasteiger partial charge in [-0.2, -0.15) is 0 Å². The Labute approximate surface area is 107 Å². The summed E-state index contributed by atoms with van der Waals surface area (Å²) in [5.41, 5.74) is 1.94. The molecule has 0 aliphatic carbocycles. The number of aryl methyl sites for hydroxylation is 1. The van der Waals surface area contributed by atoms with E-state index in [0.29, 0.717) is 0 Å². The first kappa shape index (κ1) is 12.4. The van der Waals surface area contributed by atoms with E-state index in [1.54, 1.807) is 11.9 Å². The molecule has 2 aromatic rings. The molecule has 3 nitrogen and oxygen atoms in total. The van der Waals surface area contributed by atoms with Crippen LogP contribution in [0.4, 0.5) is 0 Å². The zero-order valence-corrected chi connectivity index (χ0v) is 10.9. The molecule has 3 heteroatoms. The van der Waals surface area contributed by atoms with Crippen LogP contribution >= 0.6 is 0 Å². The van der Waals surface area contributed by atoms with Gasteiger partial charge >= 0.3 is 0 Å². The van der Waals surface area contributed by atoms with Crippen LogP contribution in [0, 0.1) is 6.92 Å². The first-order chi connectivity index (χ1) is 8.56. The summed E-state index contributed by atoms with van der Waals surface area (Å²) in [6, 6.07) is 7.78. The first-order valence-corrected chi connectivity index (χ1v) is 5.93. The molecule has 0 radical (unpaired) electrons. The minimum Gasteiger partial charge on any atom is -0.459 e. The van der Waals surface area contributed by atoms with Gasteiger partial charge < -0.3 is 9.32 Å². The number of hydrogen-bond donors (Lipinski definition) is 0. The average molecular weight is 243 g/mol. The number of rotatable bonds is 3. The van der Waals surface area contributed by atoms with Crippen molar-refractivity contribution in [3.05, 3.63) is 48.2 Å². The van der Waals surface area contributed by atoms with E-state index in [4.69, 9.17) is 4.42 Å². The predicted octanol–water partition coefficient (Wildman–Crippen LogP) is 3.45. The molecule has 0 spiro atoms. The summed E-state index contributed by atoms with van der Waals surface area (Å²) in [5, 5.41) is 1.10. The van der Waals surface area contributed by atoms with Crippen LogP contribution in [0.15, 0.2) is 41.3 Å². The molecular formula is C15H17NO2. The van der Waals surface area contributed by atoms with E-state index in [2.05, 4.69) is 6.58 Å². The molecule has 2 rings (SSSR count). The molecular weight excluding hydrogens is 226 g/mol. The molecule has 0 saturated heterocycles. The Balaban J connectivity index is 2.45. The number of benzene rings is 1. The quantitative estimate of drug-likeness (QED) is 0.774. The number of amides is 1. The fourth-order valence-corrected chi connectivity index (χ4v) is 2.10. The van der Waals surface area contributed by atoms with Gasteiger partial charge in [0.05, 0.1) is 6.04 Å². The van der Waals surface area contributed by atoms with Gasteiger partial charge in [0.15, 0.2) is 0 Å². The molecule has 0 bridgehead atoms. The van der Waals surface area contributed by atoms with E-state index >= 15 is 0 Å². The largest absolute Gasteiger partial charge is 0.459 e. The van der Waals surface area contributed by atoms with Crippen molar-refractivity contribution in [2.75, 3.05) is 7.05 Å². The van der Waals surface area contributed by atoms with Crippen LogP contribution in [0.2, 0.25) is 0 Å². The van der Waals surface area contributed by atoms with Crippen LogP contribution in [-0.4, -0.2) is 17.9 Å². The van der Waals surface area contributed by atoms with Crippen molar-refractivity contribution in [3.8, 4) is 0 Å². The standard InChI is InChI=1S/C15H17NO2/c1-5-14(17)16(4)11(3)15-10(2)12-8-6-7-9-13(12)18-15/h5-9,11H,1H2,2-4H3/t11-/m1/s1. The van der Waals surface area contributed by atoms with Crippen LogP contribution in [0.5, 0.6) is 0 Å². The van der Waals surface area contributed by atoms with E-state index < -0.39 is 0 Å². The number of carbonyl (C=O) groups excluding carboxylic acids is 1. The maximum atomic E-state index is 11.6. The Morgan fingerprint density at radius 3 is 2.72 bits per heavy atom. The molecule has 0 unspecified atom stereocenters. The maximum absolute atomic E-state index is 11.6. The first-order valence-electron chi connectivity index (χ1n) is 5.93. The Morgan fingerprint density at radius 2 is 2.11 bits per heavy atom. The summed E-state index contributed by atoms with van der Waals surface area (Å²) in [6.45, 7) is 7.47. The highest BCUT2D eigenvalue weighted by atomic mass is 16.3. The predicted molar refractivity (Wildman–Crippen MR) is 72.3 cm³/mol. The van der Waals surface area contributed by atoms with Gasteiger partial charge in [0.25, 0.3) is 0 Å². The average Bonchev–Trinajstić information content (AvgIpc) is 2.74. The van der Waals surface area contributed by atoms with Gasteiger partial charge in [0, 0.05) is 18.0 Å². The van der Waals surface area contributed by atoms with E-state index in [-0.39, 0.29) is 11.9 Å². The van der Waals surface area contributed by atoms with Crippen LogP contribution in [0.1, 0.15) is 24.3 Å². The minimum atomic E-state index is -0.109. The van der Waals surface area contributed by atoms with Crippen molar-refractivity contribution in [1.82, 2.24) is 4.90 Å². The van der Waals surface area contributed by atoms with E-state index in [1.165, 1.54) is 6.08 Å². The molecule has 1 aromatic carbocycles. The van der Waals surface area contributed by atoms with E-state index in [1.807, 2.05) is 38.1 Å². The molecule has 0 N–H and O–H groups in total. The van der Waals surface area contributed by atoms with Gasteiger partial charge in [-0.1, -0.05) is 24.8 Å². The van der Waals surface area contributed by atoms with Crippen LogP contribution < -0.4 is 0 Å². The number of furan rings is 1. The fraction of sp³-hybridized carbons (Fsp3) is 0.267. The summed E-state index contributed by atoms with van der Waals surface area (Å²) in [6.07, 6.45) is 1.31. The summed E-state index contributed by atoms with van der Waals surface area (Å²) in [7, 11) is 1.75. The summed E-state index contributed by atoms with van der Waals surface area (Å²) < 4.78 is 5.85. The zero-order chi connectivity index (χ0) is 13.3. The lowest BCUT2D eigenvalue weighted by atomic mass is 10.1. The van der Waals surface area contributed by atoms with Crippen molar-refractivity contribution in [2.45, 2.75) is 19.9 Å². The SMILES string of the molecule is C=CC(=O)N(C)[C@H](C)c1oc2ccccc2c1C. The third-order valence-electron chi connectivity index (χ3n) is 3.36. The highest BCUT2D eigenvalue weighted by Gasteiger charge is 2.21. The van der Waals surface area contributed by atoms with Gasteiger partial charge in [-0.15, -0.1) is 0 Å². The Bertz CT molecular complexity index is 598. The number of carbonyl (C=O) groups is 1. The Hall–Kier alpha value is -2.03. The van der Waals surface area contributed by atoms with Crippen molar-refractivity contribution in [3.63, 3.8) is 0 Å². The summed E-state index contributed by atoms with van der Waals surface area (Å²) >= 11 is 0. The summed E-state index contributed by atoms with van der Waals surface area (Å²) in [4.78, 5) is 13.2. The molecule has 1 aromatic heterocycles. The Morgan fingerprint density at radius 1 is 1.44 bits per heavy atom. The topological polar surface area (TPSA) is 33.5 Å². The van der Waals surface area contributed by atoms with Crippen LogP contribution in [0.3, 0.4) is 0 Å². The summed E-state index contributed by atoms with van der Waals surface area (Å²) in [5.74, 6) is 0.719. The van der Waals surface area contributed by atoms with Gasteiger partial charge in [-0.3, -0.25) is 4.79 Å². The van der Waals surface area contributed by atoms with Crippen molar-refractivity contribution >= 4 is 16.9 Å². The number of likely N-dealkylation sites (N-methyl/N-ethyl adjacent to an activating group) is 1. The lowest BCUT2D eigenvalue weighted by molar-refractivity contribution is -0.126. The second-order valence-corrected chi connectivity index (χ2v) is 4.42. The lowest BCUT2D eigenvalue weighted by Gasteiger charge is -2.22. The zero-order valence-electron chi connectivity index (χ0n) is 10.9. The Kier molecular flexibility index (Phi) is 3.24. The number of nitrogens with zero attached hydrogens (tertiary/aromatic N) is 1. The molecule has 0 aliphatic heterocycles. The van der Waals surface area contributed by atoms with Gasteiger partial charge in [0.2, 0.25) is 5.91 Å². The van der Waals surface area contributed by atoms with E-state index in [0.717, 1.165) is 22.3 Å². The van der Waals surface area contributed by atoms with Crippen molar-refractivity contribution in [1.29, 1.82) is 0 Å². The third kappa shape index (κ3) is 1.92. The number of hydrogen-bond acceptors (Lipinski definition) is 2. The molecule has 0 saturated carbocycles. The lowest BCUT2D eigenvalue weighted by Crippen LogP contribution is -2.27. The normalized spacial score (nSPS) is 12.4. The fourth-order valence-electron chi connectivity index (χ4n) is 2.10. The smallest absolute Gasteiger partial charge is 0.246 e. The van der Waals surface area contributed by atoms with Gasteiger partial charge in [0.1, 0.15) is 11.3 Å². The molecule has 0 aliphatic rings. The molecule has 1 amide bonds. The van der Waals surface area contributed by atoms with E-state index in [9.17, 15) is 4.79 Å². The molecule has 94 valence electrons. The number of para-hydroxylation sites is 1. The van der Waals surface area contributed by atoms with Crippen LogP contribution in [0.25, 0.3) is 11.0 Å². The second-order valence-electron chi connectivity index (χ2n) is 4.42. The monoisotopic (exact) mass is 243 g/mol. The highest BCUT2D eigenvalue weighted by molar-refractivity contribution is 5.87. The van der Waals surface area contributed by atoms with Crippen LogP contribution in [-0.2, 0) is 4.79 Å². The molecule has 1 heterocycles. The maximum Gasteiger partial charge on any atom is 0.246 e. The molecule has 0 fully saturated rings. The second kappa shape index (κ2) is 4.69. The van der Waals surface area contributed by atoms with Gasteiger partial charge in [-0.05, 0) is 26.0 Å². The molecule has 1 atom stereocenters. The third-order valence-corrected chi connectivity index (χ3v) is 3.36. The highest BCUT2D eigenvalue weighted by Crippen LogP contribution is 2.31. The number of fused-ring (bicyclic) bond motifs is 1. The van der Waals surface area contributed by atoms with Crippen molar-refractivity contribution < 1.29 is 9.21 Å². The minimum absolute atomic E-state index is 0.108. The van der Waals surface area contributed by atoms with Gasteiger partial charge in [-0.25, -0.2) is 0 Å². The van der Waals surface area contributed by atoms with Crippen molar-refractivity contribution in [2.24, 2.45) is 0 Å².